The third-order valence-electron chi connectivity index (χ3n) is 2.88. The monoisotopic (exact) mass is 324 g/mol. The summed E-state index contributed by atoms with van der Waals surface area (Å²) in [7, 11) is -0.658. The molecule has 6 nitrogen and oxygen atoms in total. The zero-order valence-electron chi connectivity index (χ0n) is 12.2. The van der Waals surface area contributed by atoms with Crippen LogP contribution in [0.3, 0.4) is 0 Å². The van der Waals surface area contributed by atoms with Gasteiger partial charge in [-0.25, -0.2) is 9.37 Å². The van der Waals surface area contributed by atoms with Crippen molar-refractivity contribution in [3.8, 4) is 0 Å². The molecular formula is C14H17FN4O2S. The van der Waals surface area contributed by atoms with Crippen molar-refractivity contribution in [2.45, 2.75) is 6.54 Å². The molecule has 0 aliphatic rings. The van der Waals surface area contributed by atoms with E-state index in [2.05, 4.69) is 15.0 Å². The van der Waals surface area contributed by atoms with Gasteiger partial charge < -0.3 is 5.32 Å². The lowest BCUT2D eigenvalue weighted by Crippen LogP contribution is -2.28. The molecule has 0 aliphatic carbocycles. The number of halogens is 1. The molecule has 0 saturated carbocycles. The number of pyridine rings is 1. The molecule has 0 atom stereocenters. The first-order valence-corrected chi connectivity index (χ1v) is 7.95. The van der Waals surface area contributed by atoms with Gasteiger partial charge in [-0.2, -0.15) is 12.7 Å². The minimum Gasteiger partial charge on any atom is -0.366 e. The van der Waals surface area contributed by atoms with Gasteiger partial charge in [0.05, 0.1) is 11.9 Å². The van der Waals surface area contributed by atoms with E-state index in [4.69, 9.17) is 0 Å². The lowest BCUT2D eigenvalue weighted by Gasteiger charge is -2.13. The van der Waals surface area contributed by atoms with Crippen molar-refractivity contribution in [3.05, 3.63) is 54.0 Å². The Morgan fingerprint density at radius 3 is 2.36 bits per heavy atom. The van der Waals surface area contributed by atoms with Crippen molar-refractivity contribution in [1.82, 2.24) is 9.29 Å². The summed E-state index contributed by atoms with van der Waals surface area (Å²) < 4.78 is 39.6. The van der Waals surface area contributed by atoms with Crippen molar-refractivity contribution in [3.63, 3.8) is 0 Å². The molecule has 22 heavy (non-hydrogen) atoms. The predicted octanol–water partition coefficient (Wildman–Crippen LogP) is 2.05. The predicted molar refractivity (Wildman–Crippen MR) is 84.2 cm³/mol. The van der Waals surface area contributed by atoms with Crippen LogP contribution in [-0.2, 0) is 16.8 Å². The van der Waals surface area contributed by atoms with Gasteiger partial charge in [-0.3, -0.25) is 4.72 Å². The van der Waals surface area contributed by atoms with Crippen molar-refractivity contribution in [2.75, 3.05) is 24.1 Å². The lowest BCUT2D eigenvalue weighted by atomic mass is 10.2. The highest BCUT2D eigenvalue weighted by atomic mass is 32.2. The molecule has 0 radical (unpaired) electrons. The molecule has 2 N–H and O–H groups in total. The highest BCUT2D eigenvalue weighted by Crippen LogP contribution is 2.13. The Morgan fingerprint density at radius 1 is 1.14 bits per heavy atom. The van der Waals surface area contributed by atoms with Crippen LogP contribution in [0.4, 0.5) is 15.9 Å². The minimum atomic E-state index is -3.54. The maximum Gasteiger partial charge on any atom is 0.301 e. The molecule has 0 amide bonds. The van der Waals surface area contributed by atoms with Crippen LogP contribution >= 0.6 is 0 Å². The number of hydrogen-bond acceptors (Lipinski definition) is 4. The Labute approximate surface area is 129 Å². The molecule has 1 aromatic heterocycles. The molecule has 1 heterocycles. The fourth-order valence-electron chi connectivity index (χ4n) is 1.59. The van der Waals surface area contributed by atoms with E-state index >= 15 is 0 Å². The quantitative estimate of drug-likeness (QED) is 0.853. The van der Waals surface area contributed by atoms with Gasteiger partial charge in [0.2, 0.25) is 0 Å². The number of hydrogen-bond donors (Lipinski definition) is 2. The van der Waals surface area contributed by atoms with E-state index in [0.29, 0.717) is 18.1 Å². The van der Waals surface area contributed by atoms with E-state index in [1.165, 1.54) is 32.4 Å². The SMILES string of the molecule is CN(C)S(=O)(=O)Nc1ccc(NCc2ccc(F)cc2)nc1. The van der Waals surface area contributed by atoms with Gasteiger partial charge in [-0.15, -0.1) is 0 Å². The molecule has 1 aromatic carbocycles. The molecule has 0 unspecified atom stereocenters. The highest BCUT2D eigenvalue weighted by Gasteiger charge is 2.12. The topological polar surface area (TPSA) is 74.3 Å². The maximum atomic E-state index is 12.8. The zero-order chi connectivity index (χ0) is 16.2. The molecule has 8 heteroatoms. The third kappa shape index (κ3) is 4.40. The summed E-state index contributed by atoms with van der Waals surface area (Å²) in [4.78, 5) is 4.12. The van der Waals surface area contributed by atoms with Gasteiger partial charge in [0.25, 0.3) is 0 Å². The van der Waals surface area contributed by atoms with Crippen molar-refractivity contribution in [2.24, 2.45) is 0 Å². The van der Waals surface area contributed by atoms with Gasteiger partial charge in [0.1, 0.15) is 11.6 Å². The molecular weight excluding hydrogens is 307 g/mol. The van der Waals surface area contributed by atoms with Crippen LogP contribution in [0.15, 0.2) is 42.6 Å². The van der Waals surface area contributed by atoms with Crippen LogP contribution in [0.5, 0.6) is 0 Å². The summed E-state index contributed by atoms with van der Waals surface area (Å²) >= 11 is 0. The van der Waals surface area contributed by atoms with Crippen LogP contribution < -0.4 is 10.0 Å². The van der Waals surface area contributed by atoms with Gasteiger partial charge in [0, 0.05) is 20.6 Å². The first kappa shape index (κ1) is 16.2. The molecule has 2 rings (SSSR count). The van der Waals surface area contributed by atoms with E-state index in [-0.39, 0.29) is 5.82 Å². The van der Waals surface area contributed by atoms with Crippen LogP contribution in [0.2, 0.25) is 0 Å². The second-order valence-electron chi connectivity index (χ2n) is 4.80. The number of benzene rings is 1. The highest BCUT2D eigenvalue weighted by molar-refractivity contribution is 7.90. The largest absolute Gasteiger partial charge is 0.366 e. The van der Waals surface area contributed by atoms with Crippen molar-refractivity contribution in [1.29, 1.82) is 0 Å². The lowest BCUT2D eigenvalue weighted by molar-refractivity contribution is 0.527. The summed E-state index contributed by atoms with van der Waals surface area (Å²) in [5, 5.41) is 3.07. The second-order valence-corrected chi connectivity index (χ2v) is 6.69. The summed E-state index contributed by atoms with van der Waals surface area (Å²) in [6, 6.07) is 9.43. The van der Waals surface area contributed by atoms with Crippen LogP contribution in [0, 0.1) is 5.82 Å². The van der Waals surface area contributed by atoms with E-state index in [0.717, 1.165) is 9.87 Å². The van der Waals surface area contributed by atoms with Gasteiger partial charge in [-0.1, -0.05) is 12.1 Å². The second kappa shape index (κ2) is 6.71. The molecule has 118 valence electrons. The first-order chi connectivity index (χ1) is 10.4. The fraction of sp³-hybridized carbons (Fsp3) is 0.214. The average molecular weight is 324 g/mol. The number of anilines is 2. The number of nitrogens with one attached hydrogen (secondary N) is 2. The van der Waals surface area contributed by atoms with E-state index in [9.17, 15) is 12.8 Å². The van der Waals surface area contributed by atoms with E-state index < -0.39 is 10.2 Å². The average Bonchev–Trinajstić information content (AvgIpc) is 2.48. The summed E-state index contributed by atoms with van der Waals surface area (Å²) in [5.74, 6) is 0.316. The summed E-state index contributed by atoms with van der Waals surface area (Å²) in [5.41, 5.74) is 1.29. The Hall–Kier alpha value is -2.19. The van der Waals surface area contributed by atoms with Crippen LogP contribution in [-0.4, -0.2) is 31.8 Å². The fourth-order valence-corrected chi connectivity index (χ4v) is 2.20. The standard InChI is InChI=1S/C14H17FN4O2S/c1-19(2)22(20,21)18-13-7-8-14(17-10-13)16-9-11-3-5-12(15)6-4-11/h3-8,10,18H,9H2,1-2H3,(H,16,17). The summed E-state index contributed by atoms with van der Waals surface area (Å²) in [6.07, 6.45) is 1.42. The Morgan fingerprint density at radius 2 is 1.82 bits per heavy atom. The molecule has 0 aliphatic heterocycles. The number of nitrogens with zero attached hydrogens (tertiary/aromatic N) is 2. The number of aromatic nitrogens is 1. The van der Waals surface area contributed by atoms with Gasteiger partial charge in [0.15, 0.2) is 0 Å². The molecule has 0 saturated heterocycles. The molecule has 0 fully saturated rings. The van der Waals surface area contributed by atoms with Crippen LogP contribution in [0.1, 0.15) is 5.56 Å². The Balaban J connectivity index is 1.96. The third-order valence-corrected chi connectivity index (χ3v) is 4.33. The molecule has 0 spiro atoms. The minimum absolute atomic E-state index is 0.278. The van der Waals surface area contributed by atoms with Crippen molar-refractivity contribution < 1.29 is 12.8 Å². The van der Waals surface area contributed by atoms with E-state index in [1.54, 1.807) is 24.3 Å². The summed E-state index contributed by atoms with van der Waals surface area (Å²) in [6.45, 7) is 0.496. The first-order valence-electron chi connectivity index (χ1n) is 6.51. The maximum absolute atomic E-state index is 12.8. The molecule has 2 aromatic rings. The zero-order valence-corrected chi connectivity index (χ0v) is 13.1. The smallest absolute Gasteiger partial charge is 0.301 e. The van der Waals surface area contributed by atoms with Gasteiger partial charge >= 0.3 is 10.2 Å². The van der Waals surface area contributed by atoms with Gasteiger partial charge in [-0.05, 0) is 29.8 Å². The Kier molecular flexibility index (Phi) is 4.94. The normalized spacial score (nSPS) is 11.5. The Bertz CT molecular complexity index is 716. The number of rotatable bonds is 6. The van der Waals surface area contributed by atoms with Crippen molar-refractivity contribution >= 4 is 21.7 Å². The molecule has 0 bridgehead atoms. The van der Waals surface area contributed by atoms with E-state index in [1.807, 2.05) is 0 Å². The van der Waals surface area contributed by atoms with Crippen LogP contribution in [0.25, 0.3) is 0 Å².